The molecule has 0 aromatic rings. The zero-order chi connectivity index (χ0) is 21.5. The Morgan fingerprint density at radius 3 is 2.63 bits per heavy atom. The Hall–Kier alpha value is -0.480. The van der Waals surface area contributed by atoms with E-state index in [0.29, 0.717) is 6.42 Å². The number of rotatable bonds is 8. The Morgan fingerprint density at radius 1 is 1.37 bits per heavy atom. The molecule has 1 unspecified atom stereocenters. The summed E-state index contributed by atoms with van der Waals surface area (Å²) in [5.74, 6) is -2.83. The number of carboxylic acid groups (broad SMARTS) is 1. The standard InChI is InChI=1S/C21H32O8.Na/c1-4-9(2)21(27)28-15-7-11(22)5-13-18(15)17(10(3)19-20(13)29-19)14(24)6-12(23)8-16(25)26;/h5,9-12,14-15,17-20,22-24H,4,6-8H2,1-3H3,(H,25,26);/q;+1/p-1/t9-,10+,11+,12+,14+,15-,17+,18?,19-,20+;/m0./s1. The molecule has 164 valence electrons. The van der Waals surface area contributed by atoms with Crippen LogP contribution >= 0.6 is 0 Å². The summed E-state index contributed by atoms with van der Waals surface area (Å²) in [6, 6.07) is 0. The van der Waals surface area contributed by atoms with Crippen LogP contribution in [0.25, 0.3) is 0 Å². The number of epoxide rings is 1. The predicted molar refractivity (Wildman–Crippen MR) is 99.1 cm³/mol. The average Bonchev–Trinajstić information content (AvgIpc) is 3.42. The minimum atomic E-state index is -1.38. The van der Waals surface area contributed by atoms with Gasteiger partial charge in [0.05, 0.1) is 30.3 Å². The summed E-state index contributed by atoms with van der Waals surface area (Å²) in [6.45, 7) is 5.62. The van der Waals surface area contributed by atoms with Gasteiger partial charge >= 0.3 is 35.5 Å². The van der Waals surface area contributed by atoms with Gasteiger partial charge in [-0.05, 0) is 24.3 Å². The molecule has 1 saturated carbocycles. The van der Waals surface area contributed by atoms with Gasteiger partial charge in [0.25, 0.3) is 0 Å². The fourth-order valence-electron chi connectivity index (χ4n) is 4.95. The van der Waals surface area contributed by atoms with Crippen molar-refractivity contribution in [2.24, 2.45) is 23.7 Å². The van der Waals surface area contributed by atoms with Crippen molar-refractivity contribution >= 4 is 11.9 Å². The van der Waals surface area contributed by atoms with Gasteiger partial charge in [0.2, 0.25) is 0 Å². The van der Waals surface area contributed by atoms with Crippen LogP contribution in [0.2, 0.25) is 0 Å². The van der Waals surface area contributed by atoms with Gasteiger partial charge in [0.1, 0.15) is 12.2 Å². The van der Waals surface area contributed by atoms with Gasteiger partial charge in [-0.1, -0.05) is 26.8 Å². The van der Waals surface area contributed by atoms with E-state index in [4.69, 9.17) is 9.47 Å². The van der Waals surface area contributed by atoms with Crippen molar-refractivity contribution in [2.75, 3.05) is 0 Å². The molecule has 0 radical (unpaired) electrons. The maximum atomic E-state index is 12.4. The fourth-order valence-corrected chi connectivity index (χ4v) is 4.95. The summed E-state index contributed by atoms with van der Waals surface area (Å²) in [5, 5.41) is 42.0. The molecule has 2 aliphatic carbocycles. The first-order valence-electron chi connectivity index (χ1n) is 10.5. The second-order valence-electron chi connectivity index (χ2n) is 8.77. The molecule has 1 aliphatic heterocycles. The third-order valence-electron chi connectivity index (χ3n) is 6.68. The van der Waals surface area contributed by atoms with Crippen molar-refractivity contribution in [3.05, 3.63) is 11.6 Å². The average molecular weight is 434 g/mol. The van der Waals surface area contributed by atoms with E-state index in [0.717, 1.165) is 5.57 Å². The Labute approximate surface area is 198 Å². The van der Waals surface area contributed by atoms with Crippen molar-refractivity contribution in [1.29, 1.82) is 0 Å². The van der Waals surface area contributed by atoms with Crippen LogP contribution in [0.15, 0.2) is 11.6 Å². The van der Waals surface area contributed by atoms with E-state index in [1.54, 1.807) is 13.0 Å². The van der Waals surface area contributed by atoms with Gasteiger partial charge in [-0.15, -0.1) is 0 Å². The number of hydrogen-bond donors (Lipinski definition) is 3. The Bertz CT molecular complexity index is 667. The molecule has 0 bridgehead atoms. The van der Waals surface area contributed by atoms with Gasteiger partial charge in [0, 0.05) is 30.6 Å². The third-order valence-corrected chi connectivity index (χ3v) is 6.68. The van der Waals surface area contributed by atoms with Gasteiger partial charge < -0.3 is 34.7 Å². The number of hydrogen-bond acceptors (Lipinski definition) is 8. The molecule has 0 amide bonds. The Morgan fingerprint density at radius 2 is 2.03 bits per heavy atom. The minimum absolute atomic E-state index is 0. The van der Waals surface area contributed by atoms with E-state index < -0.39 is 42.7 Å². The van der Waals surface area contributed by atoms with Crippen molar-refractivity contribution in [3.8, 4) is 0 Å². The van der Waals surface area contributed by atoms with E-state index in [1.165, 1.54) is 0 Å². The second kappa shape index (κ2) is 10.4. The number of ether oxygens (including phenoxy) is 2. The van der Waals surface area contributed by atoms with Gasteiger partial charge in [-0.2, -0.15) is 0 Å². The van der Waals surface area contributed by atoms with Crippen LogP contribution < -0.4 is 34.7 Å². The number of carboxylic acids is 1. The smallest absolute Gasteiger partial charge is 0.550 e. The zero-order valence-electron chi connectivity index (χ0n) is 18.1. The molecule has 30 heavy (non-hydrogen) atoms. The first-order valence-corrected chi connectivity index (χ1v) is 10.5. The number of aliphatic hydroxyl groups is 3. The normalized spacial score (nSPS) is 37.4. The van der Waals surface area contributed by atoms with Gasteiger partial charge in [-0.25, -0.2) is 0 Å². The maximum Gasteiger partial charge on any atom is 1.00 e. The Balaban J connectivity index is 0.00000320. The van der Waals surface area contributed by atoms with Crippen LogP contribution in [0.4, 0.5) is 0 Å². The molecule has 0 spiro atoms. The number of aliphatic carboxylic acids is 1. The van der Waals surface area contributed by atoms with Crippen molar-refractivity contribution in [2.45, 2.75) is 83.1 Å². The van der Waals surface area contributed by atoms with Crippen molar-refractivity contribution in [1.82, 2.24) is 0 Å². The van der Waals surface area contributed by atoms with E-state index in [9.17, 15) is 30.0 Å². The SMILES string of the molecule is CC[C@H](C)C(=O)O[C@H]1C[C@H](O)C=C2C1[C@@H]([C@H](O)C[C@@H](O)CC(=O)[O-])[C@@H](C)[C@@H]1O[C@H]21.[Na+]. The molecule has 2 fully saturated rings. The summed E-state index contributed by atoms with van der Waals surface area (Å²) >= 11 is 0. The van der Waals surface area contributed by atoms with Crippen LogP contribution in [-0.4, -0.2) is 63.9 Å². The van der Waals surface area contributed by atoms with Gasteiger partial charge in [-0.3, -0.25) is 4.79 Å². The first kappa shape index (κ1) is 25.8. The van der Waals surface area contributed by atoms with E-state index in [2.05, 4.69) is 0 Å². The van der Waals surface area contributed by atoms with E-state index in [-0.39, 0.29) is 78.3 Å². The molecule has 9 heteroatoms. The zero-order valence-corrected chi connectivity index (χ0v) is 20.1. The molecular weight excluding hydrogens is 403 g/mol. The molecule has 0 aromatic heterocycles. The number of carbonyl (C=O) groups excluding carboxylic acids is 2. The monoisotopic (exact) mass is 434 g/mol. The van der Waals surface area contributed by atoms with Gasteiger partial charge in [0.15, 0.2) is 0 Å². The molecular formula is C21H31NaO8. The number of esters is 1. The van der Waals surface area contributed by atoms with Crippen LogP contribution in [0.5, 0.6) is 0 Å². The summed E-state index contributed by atoms with van der Waals surface area (Å²) in [5.41, 5.74) is 0.826. The van der Waals surface area contributed by atoms with Crippen molar-refractivity contribution in [3.63, 3.8) is 0 Å². The third kappa shape index (κ3) is 5.46. The summed E-state index contributed by atoms with van der Waals surface area (Å²) < 4.78 is 11.6. The maximum absolute atomic E-state index is 12.4. The molecule has 0 aromatic carbocycles. The summed E-state index contributed by atoms with van der Waals surface area (Å²) in [4.78, 5) is 23.2. The second-order valence-corrected chi connectivity index (χ2v) is 8.77. The Kier molecular flexibility index (Phi) is 8.96. The molecule has 3 aliphatic rings. The van der Waals surface area contributed by atoms with Crippen LogP contribution in [0.1, 0.15) is 46.5 Å². The molecule has 3 rings (SSSR count). The number of carbonyl (C=O) groups is 2. The minimum Gasteiger partial charge on any atom is -0.550 e. The van der Waals surface area contributed by atoms with Crippen LogP contribution in [0, 0.1) is 23.7 Å². The summed E-state index contributed by atoms with van der Waals surface area (Å²) in [6.07, 6.45) is -1.99. The molecule has 10 atom stereocenters. The fraction of sp³-hybridized carbons (Fsp3) is 0.810. The molecule has 1 saturated heterocycles. The quantitative estimate of drug-likeness (QED) is 0.155. The molecule has 3 N–H and O–H groups in total. The van der Waals surface area contributed by atoms with E-state index >= 15 is 0 Å². The molecule has 1 heterocycles. The topological polar surface area (TPSA) is 140 Å². The largest absolute Gasteiger partial charge is 1.00 e. The summed E-state index contributed by atoms with van der Waals surface area (Å²) in [7, 11) is 0. The predicted octanol–water partition coefficient (Wildman–Crippen LogP) is -3.46. The van der Waals surface area contributed by atoms with Crippen LogP contribution in [0.3, 0.4) is 0 Å². The molecule has 8 nitrogen and oxygen atoms in total. The number of aliphatic hydroxyl groups excluding tert-OH is 3. The first-order chi connectivity index (χ1) is 13.6. The van der Waals surface area contributed by atoms with Crippen LogP contribution in [-0.2, 0) is 19.1 Å². The number of fused-ring (bicyclic) bond motifs is 3. The van der Waals surface area contributed by atoms with E-state index in [1.807, 2.05) is 13.8 Å². The van der Waals surface area contributed by atoms with Crippen molar-refractivity contribution < 1.29 is 69.0 Å².